The molecule has 0 fully saturated rings. The summed E-state index contributed by atoms with van der Waals surface area (Å²) in [4.78, 5) is 133. The van der Waals surface area contributed by atoms with Gasteiger partial charge in [-0.15, -0.1) is 0 Å². The van der Waals surface area contributed by atoms with Gasteiger partial charge in [-0.25, -0.2) is 47.6 Å². The molecule has 0 saturated carbocycles. The number of carboxylic acid groups (broad SMARTS) is 13. The van der Waals surface area contributed by atoms with Crippen molar-refractivity contribution >= 4 is 130 Å². The molecule has 1 unspecified atom stereocenters. The molecular weight excluding hydrogens is 1720 g/mol. The standard InChI is InChI=1S/C19H17OS.C18H15S.C8H2F4O4.C8H6O4.C7H6O5S.C3H7NO5S.2C3H4O4.C2H4O5S.C2H2O4.CH4/c1-20-16-12-14-19(15-13-16)21(17-8-4-2-5-9-17)18-10-6-3-7-11-18;1-4-10-16(11-5-1)19(17-12-6-2-7-13-17)18-14-8-3-9-15-18;9-3-1(7(13)14)2(8(15)16)4(10)6(12)5(3)11;9-7(10)5-1-2-6(4-3-5)8(11)12;8-7(9)5-1-3-6(4-2-5)13(10,11)12;4-2(1-3(5)6)10(7,8)9;2*4-2(5)1-3(6)7;3-2(4)1-8(5,6)7;3-1(4)2(5)6;/h2-15H,1H3;1-15H;(H,13,14)(H,15,16);1-4H,(H,9,10)(H,11,12);1-4H,(H,8,9)(H,10,11,12);2H,1,4H2,(H,5,6)(H,7,8,9);2*1H2,(H,4,5)(H,6,7);1H2,(H,3,4)(H,5,6,7);(H,3,4)(H,5,6);1H4/q2*+1;;;;;;;;;/p-13. The first-order chi connectivity index (χ1) is 55.3. The number of aliphatic carboxylic acids is 8. The summed E-state index contributed by atoms with van der Waals surface area (Å²) in [7, 11) is -12.2. The van der Waals surface area contributed by atoms with Gasteiger partial charge >= 0.3 is 17.9 Å². The largest absolute Gasteiger partial charge is 0.748 e. The van der Waals surface area contributed by atoms with Crippen LogP contribution in [0.4, 0.5) is 17.6 Å². The minimum absolute atomic E-state index is 0. The van der Waals surface area contributed by atoms with Crippen molar-refractivity contribution in [1.29, 1.82) is 0 Å². The maximum Gasteiger partial charge on any atom is 0.351 e. The zero-order valence-electron chi connectivity index (χ0n) is 59.7. The van der Waals surface area contributed by atoms with E-state index in [9.17, 15) is 155 Å². The third kappa shape index (κ3) is 43.6. The molecule has 9 rings (SSSR count). The molecule has 0 spiro atoms. The van der Waals surface area contributed by atoms with Gasteiger partial charge in [0.2, 0.25) is 0 Å². The highest BCUT2D eigenvalue weighted by atomic mass is 32.2. The van der Waals surface area contributed by atoms with Gasteiger partial charge in [0.1, 0.15) is 41.5 Å². The first kappa shape index (κ1) is 108. The Labute approximate surface area is 682 Å². The summed E-state index contributed by atoms with van der Waals surface area (Å²) in [6.07, 6.45) is -2.80. The molecule has 0 aromatic heterocycles. The summed E-state index contributed by atoms with van der Waals surface area (Å²) in [5.74, 6) is -32.7. The Hall–Kier alpha value is -14.0. The fourth-order valence-corrected chi connectivity index (χ4v) is 12.8. The van der Waals surface area contributed by atoms with Crippen molar-refractivity contribution in [3.8, 4) is 5.75 Å². The Morgan fingerprint density at radius 3 is 0.775 bits per heavy atom. The Bertz CT molecular complexity index is 5010. The van der Waals surface area contributed by atoms with Crippen molar-refractivity contribution in [2.75, 3.05) is 12.9 Å². The van der Waals surface area contributed by atoms with Crippen LogP contribution >= 0.6 is 0 Å². The zero-order valence-corrected chi connectivity index (χ0v) is 63.8. The van der Waals surface area contributed by atoms with E-state index in [4.69, 9.17) is 34.8 Å². The quantitative estimate of drug-likeness (QED) is 0.00939. The van der Waals surface area contributed by atoms with E-state index in [-0.39, 0.29) is 45.9 Å². The normalized spacial score (nSPS) is 10.3. The average molecular weight is 1770 g/mol. The van der Waals surface area contributed by atoms with Crippen LogP contribution in [0.2, 0.25) is 0 Å². The number of hydrogen-bond donors (Lipinski definition) is 4. The second-order valence-electron chi connectivity index (χ2n) is 21.0. The lowest BCUT2D eigenvalue weighted by atomic mass is 10.1. The molecule has 1 atom stereocenters. The number of methoxy groups -OCH3 is 1. The summed E-state index contributed by atoms with van der Waals surface area (Å²) in [5, 5.41) is 119. The van der Waals surface area contributed by atoms with Crippen LogP contribution in [0.15, 0.2) is 259 Å². The summed E-state index contributed by atoms with van der Waals surface area (Å²) in [6, 6.07) is 70.3. The van der Waals surface area contributed by atoms with Crippen molar-refractivity contribution in [2.45, 2.75) is 66.3 Å². The van der Waals surface area contributed by atoms with E-state index >= 15 is 0 Å². The summed E-state index contributed by atoms with van der Waals surface area (Å²) in [5.41, 5.74) is 0.478. The fourth-order valence-electron chi connectivity index (χ4n) is 7.48. The van der Waals surface area contributed by atoms with E-state index in [1.165, 1.54) is 29.4 Å². The van der Waals surface area contributed by atoms with E-state index in [1.807, 2.05) is 12.1 Å². The predicted molar refractivity (Wildman–Crippen MR) is 379 cm³/mol. The molecule has 5 N–H and O–H groups in total. The SMILES string of the molecule is C.COc1ccc([S+](c2ccccc2)c2ccccc2)cc1.NC(CC(=O)[O-])S(=O)(=O)[O-].O=C([O-])C(=O)O.O=C([O-])CC(=O)O.O=C([O-])CC(=O)O.O=C([O-])CS(=O)(=O)[O-].O=C([O-])c1c(F)c(F)c(F)c(F)c1C(=O)[O-].O=C([O-])c1ccc(C(=O)[O-])cc1.O=C([O-])c1ccc(S(=O)(=O)[O-])cc1.c1ccc([S+](c2ccccc2)c2ccccc2)cc1. The lowest BCUT2D eigenvalue weighted by Gasteiger charge is -2.15. The number of ether oxygens (including phenoxy) is 1. The molecule has 9 aromatic carbocycles. The monoisotopic (exact) mass is 1770 g/mol. The fraction of sp³-hybridized carbons (Fsp3) is 0.0946. The molecule has 120 heavy (non-hydrogen) atoms. The van der Waals surface area contributed by atoms with Crippen molar-refractivity contribution in [3.63, 3.8) is 0 Å². The van der Waals surface area contributed by atoms with E-state index in [1.54, 1.807) is 7.11 Å². The number of carboxylic acids is 13. The van der Waals surface area contributed by atoms with Gasteiger partial charge in [-0.05, 0) is 114 Å². The first-order valence-electron chi connectivity index (χ1n) is 31.1. The van der Waals surface area contributed by atoms with Crippen LogP contribution in [0, 0.1) is 23.3 Å². The maximum atomic E-state index is 12.8. The van der Waals surface area contributed by atoms with Crippen molar-refractivity contribution in [1.82, 2.24) is 0 Å². The van der Waals surface area contributed by atoms with Crippen LogP contribution in [0.5, 0.6) is 5.75 Å². The Kier molecular flexibility index (Phi) is 48.6. The Morgan fingerprint density at radius 2 is 0.625 bits per heavy atom. The number of halogens is 4. The molecule has 46 heteroatoms. The first-order valence-corrected chi connectivity index (χ1v) is 38.0. The second-order valence-corrected chi connectivity index (χ2v) is 29.4. The number of benzene rings is 9. The van der Waals surface area contributed by atoms with Crippen LogP contribution in [0.25, 0.3) is 0 Å². The minimum Gasteiger partial charge on any atom is -0.748 e. The van der Waals surface area contributed by atoms with Crippen LogP contribution in [0.3, 0.4) is 0 Å². The molecule has 0 radical (unpaired) electrons. The highest BCUT2D eigenvalue weighted by Crippen LogP contribution is 2.33. The van der Waals surface area contributed by atoms with Gasteiger partial charge in [0.05, 0.1) is 100 Å². The van der Waals surface area contributed by atoms with E-state index < -0.39 is 178 Å². The van der Waals surface area contributed by atoms with E-state index in [2.05, 4.69) is 170 Å². The number of nitrogens with two attached hydrogens (primary N) is 1. The van der Waals surface area contributed by atoms with Crippen LogP contribution in [-0.4, -0.2) is 150 Å². The molecule has 644 valence electrons. The zero-order chi connectivity index (χ0) is 91.3. The summed E-state index contributed by atoms with van der Waals surface area (Å²) < 4.78 is 145. The molecule has 0 saturated heterocycles. The molecule has 0 heterocycles. The number of carbonyl (C=O) groups excluding carboxylic acids is 10. The van der Waals surface area contributed by atoms with Crippen LogP contribution in [-0.2, 0) is 90.5 Å². The van der Waals surface area contributed by atoms with Crippen molar-refractivity contribution < 1.29 is 190 Å². The van der Waals surface area contributed by atoms with Crippen LogP contribution in [0.1, 0.15) is 78.5 Å². The van der Waals surface area contributed by atoms with Gasteiger partial charge in [0.15, 0.2) is 58.6 Å². The van der Waals surface area contributed by atoms with Gasteiger partial charge < -0.3 is 138 Å². The molecule has 0 aliphatic carbocycles. The lowest BCUT2D eigenvalue weighted by Crippen LogP contribution is -2.37. The molecule has 37 nitrogen and oxygen atoms in total. The van der Waals surface area contributed by atoms with E-state index in [0.29, 0.717) is 0 Å². The summed E-state index contributed by atoms with van der Waals surface area (Å²) in [6.45, 7) is 0. The molecular formula is C74H58F4NO36S5-11. The highest BCUT2D eigenvalue weighted by molar-refractivity contribution is 7.97. The van der Waals surface area contributed by atoms with Crippen molar-refractivity contribution in [2.24, 2.45) is 5.73 Å². The third-order valence-electron chi connectivity index (χ3n) is 12.4. The number of carbonyl (C=O) groups is 13. The predicted octanol–water partition coefficient (Wildman–Crippen LogP) is -4.97. The smallest absolute Gasteiger partial charge is 0.351 e. The van der Waals surface area contributed by atoms with Gasteiger partial charge in [-0.2, -0.15) is 0 Å². The molecule has 9 aromatic rings. The number of hydrogen-bond acceptors (Lipinski definition) is 34. The molecule has 0 bridgehead atoms. The second kappa shape index (κ2) is 54.0. The number of rotatable bonds is 22. The average Bonchev–Trinajstić information content (AvgIpc) is 0.789. The van der Waals surface area contributed by atoms with Crippen molar-refractivity contribution in [3.05, 3.63) is 276 Å². The summed E-state index contributed by atoms with van der Waals surface area (Å²) >= 11 is 0. The highest BCUT2D eigenvalue weighted by Gasteiger charge is 2.30. The van der Waals surface area contributed by atoms with Gasteiger partial charge in [0.25, 0.3) is 0 Å². The third-order valence-corrected chi connectivity index (χ3v) is 19.2. The van der Waals surface area contributed by atoms with Crippen LogP contribution < -0.4 is 61.5 Å². The topological polar surface area (TPSA) is 720 Å². The minimum atomic E-state index is -4.69. The lowest BCUT2D eigenvalue weighted by molar-refractivity contribution is -0.306. The van der Waals surface area contributed by atoms with Gasteiger partial charge in [0, 0.05) is 23.5 Å². The Balaban J connectivity index is 0. The number of aromatic carboxylic acids is 5. The molecule has 0 aliphatic rings. The Morgan fingerprint density at radius 1 is 0.375 bits per heavy atom. The van der Waals surface area contributed by atoms with Gasteiger partial charge in [-0.3, -0.25) is 9.59 Å². The molecule has 0 amide bonds. The maximum absolute atomic E-state index is 12.8. The molecule has 0 aliphatic heterocycles. The van der Waals surface area contributed by atoms with Gasteiger partial charge in [-0.1, -0.05) is 135 Å². The van der Waals surface area contributed by atoms with E-state index in [0.717, 1.165) is 54.3 Å².